The summed E-state index contributed by atoms with van der Waals surface area (Å²) in [5, 5.41) is 3.92. The molecule has 0 saturated carbocycles. The van der Waals surface area contributed by atoms with Gasteiger partial charge >= 0.3 is 24.0 Å². The number of thioether (sulfide) groups is 1. The Morgan fingerprint density at radius 3 is 2.48 bits per heavy atom. The smallest absolute Gasteiger partial charge is 0.460 e. The molecule has 0 saturated heterocycles. The number of alkyl halides is 7. The molecule has 0 unspecified atom stereocenters. The van der Waals surface area contributed by atoms with E-state index < -0.39 is 36.4 Å². The van der Waals surface area contributed by atoms with Gasteiger partial charge in [0.15, 0.2) is 23.3 Å². The summed E-state index contributed by atoms with van der Waals surface area (Å²) in [5.41, 5.74) is 0. The molecule has 7 nitrogen and oxygen atoms in total. The van der Waals surface area contributed by atoms with Gasteiger partial charge < -0.3 is 9.47 Å². The Balaban J connectivity index is 1.93. The Hall–Kier alpha value is -2.58. The molecular formula is C14H11F7N4O3S. The predicted molar refractivity (Wildman–Crippen MR) is 83.3 cm³/mol. The van der Waals surface area contributed by atoms with E-state index in [1.807, 2.05) is 0 Å². The number of carbonyl (C=O) groups excluding carboxylic acids is 1. The second kappa shape index (κ2) is 8.42. The summed E-state index contributed by atoms with van der Waals surface area (Å²) in [5.74, 6) is -13.5. The molecule has 160 valence electrons. The van der Waals surface area contributed by atoms with Crippen LogP contribution in [0, 0.1) is 0 Å². The number of carbonyl (C=O) groups is 1. The zero-order valence-corrected chi connectivity index (χ0v) is 15.1. The van der Waals surface area contributed by atoms with Gasteiger partial charge in [-0.05, 0) is 0 Å². The maximum atomic E-state index is 13.1. The van der Waals surface area contributed by atoms with E-state index in [0.717, 1.165) is 0 Å². The zero-order valence-electron chi connectivity index (χ0n) is 14.3. The summed E-state index contributed by atoms with van der Waals surface area (Å²) < 4.78 is 97.8. The van der Waals surface area contributed by atoms with Gasteiger partial charge in [0.2, 0.25) is 0 Å². The van der Waals surface area contributed by atoms with Crippen LogP contribution in [0.1, 0.15) is 0 Å². The van der Waals surface area contributed by atoms with Gasteiger partial charge in [-0.3, -0.25) is 4.79 Å². The molecule has 0 spiro atoms. The van der Waals surface area contributed by atoms with E-state index >= 15 is 0 Å². The van der Waals surface area contributed by atoms with Gasteiger partial charge in [0.1, 0.15) is 0 Å². The first kappa shape index (κ1) is 22.7. The SMILES string of the molecule is COc1cnn(-c2ccnc(SCC(=O)OCC(F)(F)C(F)(F)C(F)(F)F)n2)c1. The minimum atomic E-state index is -6.50. The summed E-state index contributed by atoms with van der Waals surface area (Å²) in [6.07, 6.45) is -2.33. The molecule has 0 N–H and O–H groups in total. The van der Waals surface area contributed by atoms with Crippen LogP contribution in [0.25, 0.3) is 5.82 Å². The number of hydrogen-bond donors (Lipinski definition) is 0. The Kier molecular flexibility index (Phi) is 6.60. The Bertz CT molecular complexity index is 860. The molecule has 29 heavy (non-hydrogen) atoms. The van der Waals surface area contributed by atoms with Crippen molar-refractivity contribution in [1.82, 2.24) is 19.7 Å². The van der Waals surface area contributed by atoms with Crippen molar-refractivity contribution in [3.8, 4) is 11.6 Å². The maximum Gasteiger partial charge on any atom is 0.460 e. The van der Waals surface area contributed by atoms with E-state index in [0.29, 0.717) is 17.5 Å². The van der Waals surface area contributed by atoms with Gasteiger partial charge in [-0.1, -0.05) is 11.8 Å². The molecule has 0 aliphatic carbocycles. The van der Waals surface area contributed by atoms with E-state index in [2.05, 4.69) is 19.8 Å². The van der Waals surface area contributed by atoms with Gasteiger partial charge in [0.25, 0.3) is 0 Å². The highest BCUT2D eigenvalue weighted by Gasteiger charge is 2.73. The minimum absolute atomic E-state index is 0.0266. The van der Waals surface area contributed by atoms with Crippen molar-refractivity contribution in [2.45, 2.75) is 23.2 Å². The fraction of sp³-hybridized carbons (Fsp3) is 0.429. The topological polar surface area (TPSA) is 79.1 Å². The number of halogens is 7. The third-order valence-corrected chi connectivity index (χ3v) is 4.03. The van der Waals surface area contributed by atoms with E-state index in [-0.39, 0.29) is 11.0 Å². The lowest BCUT2D eigenvalue weighted by Crippen LogP contribution is -2.54. The molecule has 0 aliphatic rings. The molecule has 0 atom stereocenters. The number of esters is 1. The molecule has 0 bridgehead atoms. The normalized spacial score (nSPS) is 12.7. The monoisotopic (exact) mass is 448 g/mol. The van der Waals surface area contributed by atoms with Crippen LogP contribution in [-0.2, 0) is 9.53 Å². The lowest BCUT2D eigenvalue weighted by atomic mass is 10.2. The summed E-state index contributed by atoms with van der Waals surface area (Å²) in [4.78, 5) is 19.3. The van der Waals surface area contributed by atoms with Crippen LogP contribution in [0.2, 0.25) is 0 Å². The maximum absolute atomic E-state index is 13.1. The summed E-state index contributed by atoms with van der Waals surface area (Å²) in [6, 6.07) is 1.45. The zero-order chi connectivity index (χ0) is 21.9. The van der Waals surface area contributed by atoms with Gasteiger partial charge in [-0.15, -0.1) is 0 Å². The highest BCUT2D eigenvalue weighted by atomic mass is 32.2. The Morgan fingerprint density at radius 1 is 1.21 bits per heavy atom. The highest BCUT2D eigenvalue weighted by molar-refractivity contribution is 7.99. The van der Waals surface area contributed by atoms with Crippen molar-refractivity contribution in [3.63, 3.8) is 0 Å². The molecule has 15 heteroatoms. The number of hydrogen-bond acceptors (Lipinski definition) is 7. The van der Waals surface area contributed by atoms with Crippen LogP contribution in [0.3, 0.4) is 0 Å². The molecule has 0 radical (unpaired) electrons. The first-order valence-corrected chi connectivity index (χ1v) is 8.39. The van der Waals surface area contributed by atoms with Gasteiger partial charge in [-0.25, -0.2) is 14.6 Å². The molecule has 0 amide bonds. The van der Waals surface area contributed by atoms with Crippen LogP contribution in [0.4, 0.5) is 30.7 Å². The largest absolute Gasteiger partial charge is 0.493 e. The standard InChI is InChI=1S/C14H11F7N4O3S/c1-27-8-4-23-25(5-8)9-2-3-22-11(24-9)29-6-10(26)28-7-12(15,16)13(17,18)14(19,20)21/h2-5H,6-7H2,1H3. The van der Waals surface area contributed by atoms with Crippen molar-refractivity contribution < 1.29 is 45.0 Å². The van der Waals surface area contributed by atoms with Crippen molar-refractivity contribution >= 4 is 17.7 Å². The molecule has 0 fully saturated rings. The summed E-state index contributed by atoms with van der Waals surface area (Å²) in [6.45, 7) is -2.44. The minimum Gasteiger partial charge on any atom is -0.493 e. The number of nitrogens with zero attached hydrogens (tertiary/aromatic N) is 4. The van der Waals surface area contributed by atoms with E-state index in [9.17, 15) is 35.5 Å². The predicted octanol–water partition coefficient (Wildman–Crippen LogP) is 3.14. The van der Waals surface area contributed by atoms with Crippen molar-refractivity contribution in [3.05, 3.63) is 24.7 Å². The number of aromatic nitrogens is 4. The van der Waals surface area contributed by atoms with E-state index in [1.54, 1.807) is 0 Å². The average Bonchev–Trinajstić information content (AvgIpc) is 3.13. The molecule has 2 aromatic heterocycles. The van der Waals surface area contributed by atoms with Crippen LogP contribution in [0.5, 0.6) is 5.75 Å². The Morgan fingerprint density at radius 2 is 1.90 bits per heavy atom. The first-order chi connectivity index (χ1) is 13.4. The van der Waals surface area contributed by atoms with Crippen LogP contribution < -0.4 is 4.74 Å². The van der Waals surface area contributed by atoms with E-state index in [4.69, 9.17) is 4.74 Å². The van der Waals surface area contributed by atoms with Crippen LogP contribution in [0.15, 0.2) is 29.8 Å². The number of methoxy groups -OCH3 is 1. The number of ether oxygens (including phenoxy) is 2. The van der Waals surface area contributed by atoms with Gasteiger partial charge in [-0.2, -0.15) is 35.8 Å². The summed E-state index contributed by atoms with van der Waals surface area (Å²) in [7, 11) is 1.42. The second-order valence-corrected chi connectivity index (χ2v) is 6.19. The molecule has 2 rings (SSSR count). The molecule has 0 aliphatic heterocycles. The average molecular weight is 448 g/mol. The van der Waals surface area contributed by atoms with Gasteiger partial charge in [0, 0.05) is 12.3 Å². The lowest BCUT2D eigenvalue weighted by molar-refractivity contribution is -0.359. The van der Waals surface area contributed by atoms with Crippen LogP contribution >= 0.6 is 11.8 Å². The lowest BCUT2D eigenvalue weighted by Gasteiger charge is -2.27. The second-order valence-electron chi connectivity index (χ2n) is 5.25. The Labute approximate surface area is 162 Å². The highest BCUT2D eigenvalue weighted by Crippen LogP contribution is 2.46. The molecular weight excluding hydrogens is 437 g/mol. The first-order valence-electron chi connectivity index (χ1n) is 7.40. The molecule has 0 aromatic carbocycles. The van der Waals surface area contributed by atoms with Crippen molar-refractivity contribution in [2.75, 3.05) is 19.5 Å². The quantitative estimate of drug-likeness (QED) is 0.266. The summed E-state index contributed by atoms with van der Waals surface area (Å²) >= 11 is 0.590. The van der Waals surface area contributed by atoms with Crippen LogP contribution in [-0.4, -0.2) is 63.2 Å². The fourth-order valence-electron chi connectivity index (χ4n) is 1.70. The van der Waals surface area contributed by atoms with Crippen molar-refractivity contribution in [2.24, 2.45) is 0 Å². The number of rotatable bonds is 8. The third-order valence-electron chi connectivity index (χ3n) is 3.20. The fourth-order valence-corrected chi connectivity index (χ4v) is 2.32. The van der Waals surface area contributed by atoms with Gasteiger partial charge in [0.05, 0.1) is 25.3 Å². The van der Waals surface area contributed by atoms with Crippen molar-refractivity contribution in [1.29, 1.82) is 0 Å². The van der Waals surface area contributed by atoms with E-state index in [1.165, 1.54) is 36.4 Å². The molecule has 2 heterocycles. The molecule has 2 aromatic rings. The third kappa shape index (κ3) is 5.27.